The van der Waals surface area contributed by atoms with Gasteiger partial charge < -0.3 is 23.4 Å². The SMILES string of the molecule is C=C/C=C\[C@H](C)[C@H](OCc1ccc(OC)cc1)[C@@H](C)[C@H](O[Si](C)(C)C(C)(C)C)[C@@H](C)C/C=C\[C@H](C)[C@@H](O[Si](C(C)C)(C(C)C)C(C)C)[C@@H](C)CO. The summed E-state index contributed by atoms with van der Waals surface area (Å²) in [7, 11) is -2.57. The Labute approximate surface area is 317 Å². The molecule has 0 spiro atoms. The maximum absolute atomic E-state index is 10.3. The van der Waals surface area contributed by atoms with Gasteiger partial charge in [0.15, 0.2) is 8.32 Å². The molecule has 0 saturated heterocycles. The summed E-state index contributed by atoms with van der Waals surface area (Å²) < 4.78 is 26.9. The molecule has 51 heavy (non-hydrogen) atoms. The van der Waals surface area contributed by atoms with Crippen LogP contribution < -0.4 is 4.74 Å². The first-order valence-electron chi connectivity index (χ1n) is 19.8. The number of benzene rings is 1. The van der Waals surface area contributed by atoms with E-state index in [-0.39, 0.29) is 59.5 Å². The molecule has 0 saturated carbocycles. The molecule has 8 atom stereocenters. The minimum Gasteiger partial charge on any atom is -0.497 e. The van der Waals surface area contributed by atoms with Crippen molar-refractivity contribution < 1.29 is 23.4 Å². The molecule has 0 aliphatic rings. The van der Waals surface area contributed by atoms with E-state index in [1.165, 1.54) is 0 Å². The van der Waals surface area contributed by atoms with Crippen LogP contribution in [0.2, 0.25) is 34.8 Å². The van der Waals surface area contributed by atoms with Gasteiger partial charge >= 0.3 is 0 Å². The first kappa shape index (κ1) is 47.5. The van der Waals surface area contributed by atoms with Gasteiger partial charge in [0.1, 0.15) is 5.75 Å². The Morgan fingerprint density at radius 2 is 1.27 bits per heavy atom. The molecule has 7 heteroatoms. The molecule has 0 fully saturated rings. The van der Waals surface area contributed by atoms with E-state index in [1.54, 1.807) is 7.11 Å². The van der Waals surface area contributed by atoms with Gasteiger partial charge in [-0.15, -0.1) is 0 Å². The number of aliphatic hydroxyl groups is 1. The number of hydrogen-bond donors (Lipinski definition) is 1. The smallest absolute Gasteiger partial charge is 0.200 e. The molecule has 0 bridgehead atoms. The Kier molecular flexibility index (Phi) is 20.0. The van der Waals surface area contributed by atoms with Gasteiger partial charge in [0.05, 0.1) is 32.0 Å². The number of rotatable bonds is 23. The quantitative estimate of drug-likeness (QED) is 0.0687. The number of ether oxygens (including phenoxy) is 2. The highest BCUT2D eigenvalue weighted by Crippen LogP contribution is 2.45. The van der Waals surface area contributed by atoms with E-state index in [0.29, 0.717) is 23.2 Å². The number of methoxy groups -OCH3 is 1. The molecule has 0 heterocycles. The summed E-state index contributed by atoms with van der Waals surface area (Å²) in [5.74, 6) is 1.61. The van der Waals surface area contributed by atoms with E-state index >= 15 is 0 Å². The van der Waals surface area contributed by atoms with E-state index < -0.39 is 16.6 Å². The molecule has 0 aliphatic carbocycles. The van der Waals surface area contributed by atoms with Crippen LogP contribution in [0.15, 0.2) is 61.2 Å². The third-order valence-electron chi connectivity index (χ3n) is 11.9. The van der Waals surface area contributed by atoms with Gasteiger partial charge in [0.2, 0.25) is 8.32 Å². The van der Waals surface area contributed by atoms with Crippen LogP contribution in [0, 0.1) is 29.6 Å². The molecule has 0 unspecified atom stereocenters. The van der Waals surface area contributed by atoms with Gasteiger partial charge in [0.25, 0.3) is 0 Å². The largest absolute Gasteiger partial charge is 0.497 e. The zero-order valence-corrected chi connectivity index (χ0v) is 38.0. The number of hydrogen-bond acceptors (Lipinski definition) is 5. The predicted molar refractivity (Wildman–Crippen MR) is 226 cm³/mol. The third-order valence-corrected chi connectivity index (χ3v) is 22.4. The lowest BCUT2D eigenvalue weighted by molar-refractivity contribution is -0.0641. The zero-order chi connectivity index (χ0) is 39.3. The van der Waals surface area contributed by atoms with Crippen LogP contribution in [-0.2, 0) is 20.2 Å². The summed E-state index contributed by atoms with van der Waals surface area (Å²) in [6.45, 7) is 41.5. The summed E-state index contributed by atoms with van der Waals surface area (Å²) in [5, 5.41) is 10.4. The van der Waals surface area contributed by atoms with E-state index in [0.717, 1.165) is 17.7 Å². The monoisotopic (exact) mass is 745 g/mol. The van der Waals surface area contributed by atoms with Crippen LogP contribution in [0.4, 0.5) is 0 Å². The summed E-state index contributed by atoms with van der Waals surface area (Å²) in [6, 6.07) is 8.14. The zero-order valence-electron chi connectivity index (χ0n) is 36.0. The van der Waals surface area contributed by atoms with E-state index in [9.17, 15) is 5.11 Å². The third kappa shape index (κ3) is 13.4. The van der Waals surface area contributed by atoms with Crippen molar-refractivity contribution >= 4 is 16.6 Å². The highest BCUT2D eigenvalue weighted by Gasteiger charge is 2.48. The Morgan fingerprint density at radius 1 is 0.745 bits per heavy atom. The summed E-state index contributed by atoms with van der Waals surface area (Å²) in [6.07, 6.45) is 11.5. The summed E-state index contributed by atoms with van der Waals surface area (Å²) in [5.41, 5.74) is 2.58. The minimum absolute atomic E-state index is 0.00223. The van der Waals surface area contributed by atoms with Gasteiger partial charge in [-0.05, 0) is 70.7 Å². The van der Waals surface area contributed by atoms with Crippen molar-refractivity contribution in [1.29, 1.82) is 0 Å². The Hall–Kier alpha value is -1.49. The molecule has 0 amide bonds. The lowest BCUT2D eigenvalue weighted by atomic mass is 9.82. The van der Waals surface area contributed by atoms with Gasteiger partial charge in [-0.3, -0.25) is 0 Å². The summed E-state index contributed by atoms with van der Waals surface area (Å²) >= 11 is 0. The molecule has 1 rings (SSSR count). The number of allylic oxidation sites excluding steroid dienone is 3. The second-order valence-electron chi connectivity index (χ2n) is 17.9. The van der Waals surface area contributed by atoms with Crippen molar-refractivity contribution in [2.24, 2.45) is 29.6 Å². The van der Waals surface area contributed by atoms with Crippen LogP contribution in [0.1, 0.15) is 109 Å². The van der Waals surface area contributed by atoms with E-state index in [1.807, 2.05) is 24.3 Å². The molecule has 294 valence electrons. The normalized spacial score (nSPS) is 18.3. The van der Waals surface area contributed by atoms with Crippen molar-refractivity contribution in [3.8, 4) is 5.75 Å². The van der Waals surface area contributed by atoms with Gasteiger partial charge in [0, 0.05) is 24.4 Å². The van der Waals surface area contributed by atoms with Crippen LogP contribution in [0.5, 0.6) is 5.75 Å². The topological polar surface area (TPSA) is 57.2 Å². The van der Waals surface area contributed by atoms with Crippen LogP contribution in [0.25, 0.3) is 0 Å². The Bertz CT molecular complexity index is 1160. The first-order chi connectivity index (χ1) is 23.6. The molecular weight excluding hydrogens is 665 g/mol. The van der Waals surface area contributed by atoms with Crippen molar-refractivity contribution in [2.45, 2.75) is 163 Å². The predicted octanol–water partition coefficient (Wildman–Crippen LogP) is 12.4. The minimum atomic E-state index is -2.13. The van der Waals surface area contributed by atoms with Crippen LogP contribution in [0.3, 0.4) is 0 Å². The standard InChI is InChI=1S/C44H80O5Si2/c1-19-20-22-35(9)42(47-30-39-25-27-40(46-16)28-26-39)38(12)43(48-50(17,18)44(13,14)15)36(10)24-21-23-34(8)41(37(11)29-45)49-51(31(2)3,32(4)5)33(6)7/h19-23,25-28,31-38,41-43,45H,1,24,29-30H2,2-18H3/b22-20-,23-21-/t34-,35-,36-,37-,38+,41+,42-,43+/m0/s1. The molecule has 0 radical (unpaired) electrons. The molecule has 0 aliphatic heterocycles. The average molecular weight is 745 g/mol. The maximum Gasteiger partial charge on any atom is 0.200 e. The first-order valence-corrected chi connectivity index (χ1v) is 24.8. The van der Waals surface area contributed by atoms with Gasteiger partial charge in [-0.2, -0.15) is 0 Å². The molecular formula is C44H80O5Si2. The van der Waals surface area contributed by atoms with Crippen molar-refractivity contribution in [3.05, 3.63) is 66.8 Å². The fourth-order valence-electron chi connectivity index (χ4n) is 7.75. The fraction of sp³-hybridized carbons (Fsp3) is 0.727. The van der Waals surface area contributed by atoms with Gasteiger partial charge in [-0.25, -0.2) is 0 Å². The Balaban J connectivity index is 3.49. The van der Waals surface area contributed by atoms with E-state index in [2.05, 4.69) is 147 Å². The number of aliphatic hydroxyl groups excluding tert-OH is 1. The molecule has 5 nitrogen and oxygen atoms in total. The molecule has 1 N–H and O–H groups in total. The lowest BCUT2D eigenvalue weighted by Crippen LogP contribution is -2.52. The van der Waals surface area contributed by atoms with Crippen molar-refractivity contribution in [2.75, 3.05) is 13.7 Å². The molecule has 1 aromatic rings. The Morgan fingerprint density at radius 3 is 1.73 bits per heavy atom. The second-order valence-corrected chi connectivity index (χ2v) is 28.0. The molecule has 0 aromatic heterocycles. The highest BCUT2D eigenvalue weighted by atomic mass is 28.4. The van der Waals surface area contributed by atoms with E-state index in [4.69, 9.17) is 18.3 Å². The van der Waals surface area contributed by atoms with Crippen molar-refractivity contribution in [1.82, 2.24) is 0 Å². The second kappa shape index (κ2) is 21.4. The maximum atomic E-state index is 10.3. The van der Waals surface area contributed by atoms with Gasteiger partial charge in [-0.1, -0.05) is 146 Å². The van der Waals surface area contributed by atoms with Crippen LogP contribution in [-0.4, -0.2) is 53.8 Å². The average Bonchev–Trinajstić information content (AvgIpc) is 3.05. The van der Waals surface area contributed by atoms with Crippen LogP contribution >= 0.6 is 0 Å². The highest BCUT2D eigenvalue weighted by molar-refractivity contribution is 6.77. The lowest BCUT2D eigenvalue weighted by Gasteiger charge is -2.47. The van der Waals surface area contributed by atoms with Crippen molar-refractivity contribution in [3.63, 3.8) is 0 Å². The fourth-order valence-corrected chi connectivity index (χ4v) is 15.0. The summed E-state index contributed by atoms with van der Waals surface area (Å²) in [4.78, 5) is 0. The molecule has 1 aromatic carbocycles.